The Labute approximate surface area is 144 Å². The second-order valence-corrected chi connectivity index (χ2v) is 6.42. The summed E-state index contributed by atoms with van der Waals surface area (Å²) in [4.78, 5) is 47.5. The SMILES string of the molecule is Cc1c(C(=O)NC2CCC(=O)NC2=O)c(=O)oc2ccc(Br)cc12. The van der Waals surface area contributed by atoms with Crippen LogP contribution in [0.1, 0.15) is 28.8 Å². The molecule has 1 aliphatic heterocycles. The van der Waals surface area contributed by atoms with Gasteiger partial charge in [-0.15, -0.1) is 0 Å². The van der Waals surface area contributed by atoms with E-state index in [1.54, 1.807) is 25.1 Å². The van der Waals surface area contributed by atoms with E-state index in [2.05, 4.69) is 26.6 Å². The number of hydrogen-bond donors (Lipinski definition) is 2. The van der Waals surface area contributed by atoms with Gasteiger partial charge in [0, 0.05) is 16.3 Å². The first-order valence-electron chi connectivity index (χ1n) is 7.24. The van der Waals surface area contributed by atoms with E-state index in [1.165, 1.54) is 0 Å². The molecule has 0 spiro atoms. The maximum Gasteiger partial charge on any atom is 0.349 e. The number of aryl methyl sites for hydroxylation is 1. The number of imide groups is 1. The molecule has 2 aromatic rings. The lowest BCUT2D eigenvalue weighted by Crippen LogP contribution is -2.52. The molecule has 1 aromatic heterocycles. The minimum absolute atomic E-state index is 0.134. The van der Waals surface area contributed by atoms with Crippen LogP contribution in [-0.2, 0) is 9.59 Å². The van der Waals surface area contributed by atoms with E-state index < -0.39 is 23.5 Å². The van der Waals surface area contributed by atoms with Crippen LogP contribution in [0.5, 0.6) is 0 Å². The lowest BCUT2D eigenvalue weighted by molar-refractivity contribution is -0.134. The van der Waals surface area contributed by atoms with Crippen LogP contribution in [-0.4, -0.2) is 23.8 Å². The molecule has 24 heavy (non-hydrogen) atoms. The van der Waals surface area contributed by atoms with Crippen molar-refractivity contribution in [3.05, 3.63) is 44.2 Å². The molecule has 124 valence electrons. The van der Waals surface area contributed by atoms with Crippen LogP contribution in [0.2, 0.25) is 0 Å². The van der Waals surface area contributed by atoms with E-state index in [9.17, 15) is 19.2 Å². The fourth-order valence-electron chi connectivity index (χ4n) is 2.65. The summed E-state index contributed by atoms with van der Waals surface area (Å²) in [6.45, 7) is 1.64. The molecule has 1 aliphatic rings. The van der Waals surface area contributed by atoms with Crippen molar-refractivity contribution in [1.29, 1.82) is 0 Å². The van der Waals surface area contributed by atoms with Crippen molar-refractivity contribution in [2.75, 3.05) is 0 Å². The van der Waals surface area contributed by atoms with Crippen molar-refractivity contribution in [2.24, 2.45) is 0 Å². The van der Waals surface area contributed by atoms with Crippen molar-refractivity contribution in [3.8, 4) is 0 Å². The molecule has 1 saturated heterocycles. The molecule has 1 atom stereocenters. The fraction of sp³-hybridized carbons (Fsp3) is 0.250. The van der Waals surface area contributed by atoms with Crippen molar-refractivity contribution in [2.45, 2.75) is 25.8 Å². The summed E-state index contributed by atoms with van der Waals surface area (Å²) >= 11 is 3.33. The third-order valence-corrected chi connectivity index (χ3v) is 4.39. The zero-order valence-corrected chi connectivity index (χ0v) is 14.2. The average molecular weight is 393 g/mol. The van der Waals surface area contributed by atoms with Crippen LogP contribution >= 0.6 is 15.9 Å². The fourth-order valence-corrected chi connectivity index (χ4v) is 3.01. The number of nitrogens with one attached hydrogen (secondary N) is 2. The highest BCUT2D eigenvalue weighted by Gasteiger charge is 2.29. The summed E-state index contributed by atoms with van der Waals surface area (Å²) in [5.74, 6) is -1.65. The Morgan fingerprint density at radius 1 is 1.33 bits per heavy atom. The second-order valence-electron chi connectivity index (χ2n) is 5.51. The Morgan fingerprint density at radius 2 is 2.08 bits per heavy atom. The summed E-state index contributed by atoms with van der Waals surface area (Å²) in [5, 5.41) is 5.27. The minimum Gasteiger partial charge on any atom is -0.422 e. The van der Waals surface area contributed by atoms with Crippen LogP contribution in [0.3, 0.4) is 0 Å². The van der Waals surface area contributed by atoms with Crippen molar-refractivity contribution in [3.63, 3.8) is 0 Å². The summed E-state index contributed by atoms with van der Waals surface area (Å²) in [5.41, 5.74) is -0.0805. The number of benzene rings is 1. The van der Waals surface area contributed by atoms with E-state index in [0.29, 0.717) is 16.5 Å². The van der Waals surface area contributed by atoms with Gasteiger partial charge in [0.15, 0.2) is 0 Å². The van der Waals surface area contributed by atoms with E-state index >= 15 is 0 Å². The molecule has 7 nitrogen and oxygen atoms in total. The minimum atomic E-state index is -0.854. The first kappa shape index (κ1) is 16.4. The number of hydrogen-bond acceptors (Lipinski definition) is 5. The van der Waals surface area contributed by atoms with Gasteiger partial charge in [-0.25, -0.2) is 4.79 Å². The Balaban J connectivity index is 1.96. The number of rotatable bonds is 2. The van der Waals surface area contributed by atoms with Crippen molar-refractivity contribution >= 4 is 44.6 Å². The van der Waals surface area contributed by atoms with Crippen LogP contribution in [0.15, 0.2) is 31.9 Å². The molecule has 0 radical (unpaired) electrons. The van der Waals surface area contributed by atoms with Gasteiger partial charge in [-0.1, -0.05) is 15.9 Å². The van der Waals surface area contributed by atoms with Gasteiger partial charge >= 0.3 is 5.63 Å². The zero-order chi connectivity index (χ0) is 17.4. The molecule has 0 saturated carbocycles. The van der Waals surface area contributed by atoms with Crippen molar-refractivity contribution in [1.82, 2.24) is 10.6 Å². The number of piperidine rings is 1. The summed E-state index contributed by atoms with van der Waals surface area (Å²) in [6.07, 6.45) is 0.328. The van der Waals surface area contributed by atoms with Gasteiger partial charge in [-0.2, -0.15) is 0 Å². The van der Waals surface area contributed by atoms with Crippen LogP contribution < -0.4 is 16.3 Å². The molecule has 0 aliphatic carbocycles. The molecule has 8 heteroatoms. The highest BCUT2D eigenvalue weighted by Crippen LogP contribution is 2.23. The van der Waals surface area contributed by atoms with E-state index in [1.807, 2.05) is 0 Å². The molecule has 1 aromatic carbocycles. The maximum atomic E-state index is 12.5. The summed E-state index contributed by atoms with van der Waals surface area (Å²) in [6, 6.07) is 4.26. The molecule has 3 rings (SSSR count). The van der Waals surface area contributed by atoms with E-state index in [-0.39, 0.29) is 24.3 Å². The van der Waals surface area contributed by atoms with Gasteiger partial charge in [-0.05, 0) is 37.1 Å². The molecule has 2 N–H and O–H groups in total. The number of amides is 3. The highest BCUT2D eigenvalue weighted by molar-refractivity contribution is 9.10. The van der Waals surface area contributed by atoms with E-state index in [4.69, 9.17) is 4.42 Å². The van der Waals surface area contributed by atoms with Crippen LogP contribution in [0.25, 0.3) is 11.0 Å². The quantitative estimate of drug-likeness (QED) is 0.593. The normalized spacial score (nSPS) is 17.7. The van der Waals surface area contributed by atoms with Crippen LogP contribution in [0, 0.1) is 6.92 Å². The topological polar surface area (TPSA) is 105 Å². The lowest BCUT2D eigenvalue weighted by Gasteiger charge is -2.21. The largest absolute Gasteiger partial charge is 0.422 e. The molecule has 1 fully saturated rings. The third-order valence-electron chi connectivity index (χ3n) is 3.90. The number of halogens is 1. The number of carbonyl (C=O) groups excluding carboxylic acids is 3. The molecular weight excluding hydrogens is 380 g/mol. The summed E-state index contributed by atoms with van der Waals surface area (Å²) in [7, 11) is 0. The van der Waals surface area contributed by atoms with Gasteiger partial charge in [0.25, 0.3) is 5.91 Å². The number of carbonyl (C=O) groups is 3. The standard InChI is InChI=1S/C16H13BrN2O5/c1-7-9-6-8(17)2-4-11(9)24-16(23)13(7)15(22)18-10-3-5-12(20)19-14(10)21/h2,4,6,10H,3,5H2,1H3,(H,18,22)(H,19,20,21). The molecule has 2 heterocycles. The van der Waals surface area contributed by atoms with Gasteiger partial charge in [0.05, 0.1) is 0 Å². The molecule has 1 unspecified atom stereocenters. The van der Waals surface area contributed by atoms with Crippen LogP contribution in [0.4, 0.5) is 0 Å². The Kier molecular flexibility index (Phi) is 4.23. The highest BCUT2D eigenvalue weighted by atomic mass is 79.9. The van der Waals surface area contributed by atoms with Crippen molar-refractivity contribution < 1.29 is 18.8 Å². The number of fused-ring (bicyclic) bond motifs is 1. The van der Waals surface area contributed by atoms with Gasteiger partial charge in [0.1, 0.15) is 17.2 Å². The first-order valence-corrected chi connectivity index (χ1v) is 8.03. The Hall–Kier alpha value is -2.48. The summed E-state index contributed by atoms with van der Waals surface area (Å²) < 4.78 is 5.97. The van der Waals surface area contributed by atoms with E-state index in [0.717, 1.165) is 4.47 Å². The van der Waals surface area contributed by atoms with Gasteiger partial charge in [0.2, 0.25) is 11.8 Å². The third kappa shape index (κ3) is 2.96. The Bertz CT molecular complexity index is 934. The van der Waals surface area contributed by atoms with Gasteiger partial charge < -0.3 is 9.73 Å². The maximum absolute atomic E-state index is 12.5. The zero-order valence-electron chi connectivity index (χ0n) is 12.6. The smallest absolute Gasteiger partial charge is 0.349 e. The lowest BCUT2D eigenvalue weighted by atomic mass is 10.0. The van der Waals surface area contributed by atoms with Gasteiger partial charge in [-0.3, -0.25) is 19.7 Å². The first-order chi connectivity index (χ1) is 11.4. The Morgan fingerprint density at radius 3 is 2.79 bits per heavy atom. The molecule has 3 amide bonds. The molecule has 0 bridgehead atoms. The predicted molar refractivity (Wildman–Crippen MR) is 88.6 cm³/mol. The monoisotopic (exact) mass is 392 g/mol. The second kappa shape index (κ2) is 6.20. The molecular formula is C16H13BrN2O5. The average Bonchev–Trinajstić information content (AvgIpc) is 2.51. The predicted octanol–water partition coefficient (Wildman–Crippen LogP) is 1.40.